The highest BCUT2D eigenvalue weighted by Gasteiger charge is 2.07. The molecule has 0 aliphatic rings. The normalized spacial score (nSPS) is 13.1. The number of unbranched alkanes of at least 4 members (excludes halogenated alkanes) is 5. The first-order chi connectivity index (χ1) is 6.68. The Bertz CT molecular complexity index is 129. The minimum absolute atomic E-state index is 0.718. The average Bonchev–Trinajstić information content (AvgIpc) is 2.16. The number of halogens is 1. The molecule has 0 radical (unpaired) electrons. The summed E-state index contributed by atoms with van der Waals surface area (Å²) in [5, 5.41) is 0. The fourth-order valence-electron chi connectivity index (χ4n) is 1.49. The van der Waals surface area contributed by atoms with Crippen molar-refractivity contribution >= 4 is 15.9 Å². The maximum atomic E-state index is 3.73. The Balaban J connectivity index is 3.09. The van der Waals surface area contributed by atoms with Crippen molar-refractivity contribution in [2.24, 2.45) is 5.92 Å². The molecule has 0 amide bonds. The van der Waals surface area contributed by atoms with E-state index in [9.17, 15) is 0 Å². The van der Waals surface area contributed by atoms with Crippen molar-refractivity contribution in [1.82, 2.24) is 0 Å². The van der Waals surface area contributed by atoms with Crippen molar-refractivity contribution in [3.63, 3.8) is 0 Å². The SMILES string of the molecule is C=CCCCCCCCC(Br)C(C)C. The van der Waals surface area contributed by atoms with Gasteiger partial charge in [0, 0.05) is 4.83 Å². The fraction of sp³-hybridized carbons (Fsp3) is 0.846. The molecule has 1 unspecified atom stereocenters. The standard InChI is InChI=1S/C13H25Br/c1-4-5-6-7-8-9-10-11-13(14)12(2)3/h4,12-13H,1,5-11H2,2-3H3. The second kappa shape index (κ2) is 9.76. The van der Waals surface area contributed by atoms with E-state index in [1.165, 1.54) is 44.9 Å². The van der Waals surface area contributed by atoms with Crippen molar-refractivity contribution < 1.29 is 0 Å². The van der Waals surface area contributed by atoms with Crippen LogP contribution in [0.5, 0.6) is 0 Å². The third kappa shape index (κ3) is 8.80. The molecule has 0 heterocycles. The predicted molar refractivity (Wildman–Crippen MR) is 70.1 cm³/mol. The van der Waals surface area contributed by atoms with Crippen LogP contribution in [-0.2, 0) is 0 Å². The summed E-state index contributed by atoms with van der Waals surface area (Å²) in [7, 11) is 0. The summed E-state index contributed by atoms with van der Waals surface area (Å²) in [6.45, 7) is 8.29. The van der Waals surface area contributed by atoms with Crippen LogP contribution >= 0.6 is 15.9 Å². The molecule has 0 fully saturated rings. The van der Waals surface area contributed by atoms with Crippen LogP contribution in [0.1, 0.15) is 58.8 Å². The quantitative estimate of drug-likeness (QED) is 0.299. The molecule has 0 aromatic rings. The summed E-state index contributed by atoms with van der Waals surface area (Å²) in [6, 6.07) is 0. The molecule has 0 nitrogen and oxygen atoms in total. The van der Waals surface area contributed by atoms with Gasteiger partial charge in [-0.1, -0.05) is 61.5 Å². The van der Waals surface area contributed by atoms with Gasteiger partial charge in [-0.15, -0.1) is 6.58 Å². The molecule has 0 bridgehead atoms. The zero-order chi connectivity index (χ0) is 10.8. The number of rotatable bonds is 9. The minimum atomic E-state index is 0.718. The maximum Gasteiger partial charge on any atom is 0.0168 e. The van der Waals surface area contributed by atoms with E-state index in [-0.39, 0.29) is 0 Å². The Morgan fingerprint density at radius 2 is 1.64 bits per heavy atom. The van der Waals surface area contributed by atoms with Crippen LogP contribution in [0, 0.1) is 5.92 Å². The van der Waals surface area contributed by atoms with E-state index in [4.69, 9.17) is 0 Å². The largest absolute Gasteiger partial charge is 0.103 e. The molecular formula is C13H25Br. The lowest BCUT2D eigenvalue weighted by Gasteiger charge is -2.12. The lowest BCUT2D eigenvalue weighted by Crippen LogP contribution is -2.06. The first-order valence-corrected chi connectivity index (χ1v) is 6.85. The van der Waals surface area contributed by atoms with Crippen LogP contribution in [-0.4, -0.2) is 4.83 Å². The van der Waals surface area contributed by atoms with Gasteiger partial charge in [-0.05, 0) is 25.2 Å². The summed E-state index contributed by atoms with van der Waals surface area (Å²) < 4.78 is 0. The summed E-state index contributed by atoms with van der Waals surface area (Å²) >= 11 is 3.72. The lowest BCUT2D eigenvalue weighted by molar-refractivity contribution is 0.531. The number of allylic oxidation sites excluding steroid dienone is 1. The molecule has 14 heavy (non-hydrogen) atoms. The van der Waals surface area contributed by atoms with Crippen LogP contribution in [0.15, 0.2) is 12.7 Å². The minimum Gasteiger partial charge on any atom is -0.103 e. The fourth-order valence-corrected chi connectivity index (χ4v) is 1.82. The van der Waals surface area contributed by atoms with Gasteiger partial charge in [0.05, 0.1) is 0 Å². The lowest BCUT2D eigenvalue weighted by atomic mass is 10.0. The van der Waals surface area contributed by atoms with Gasteiger partial charge in [0.25, 0.3) is 0 Å². The van der Waals surface area contributed by atoms with Crippen molar-refractivity contribution in [2.45, 2.75) is 63.6 Å². The molecule has 0 spiro atoms. The van der Waals surface area contributed by atoms with E-state index in [1.54, 1.807) is 0 Å². The summed E-state index contributed by atoms with van der Waals surface area (Å²) in [5.41, 5.74) is 0. The van der Waals surface area contributed by atoms with Crippen LogP contribution in [0.25, 0.3) is 0 Å². The molecule has 0 saturated heterocycles. The monoisotopic (exact) mass is 260 g/mol. The van der Waals surface area contributed by atoms with Crippen LogP contribution in [0.3, 0.4) is 0 Å². The number of alkyl halides is 1. The maximum absolute atomic E-state index is 3.73. The highest BCUT2D eigenvalue weighted by atomic mass is 79.9. The Morgan fingerprint density at radius 3 is 2.21 bits per heavy atom. The molecule has 1 atom stereocenters. The van der Waals surface area contributed by atoms with E-state index < -0.39 is 0 Å². The number of hydrogen-bond donors (Lipinski definition) is 0. The van der Waals surface area contributed by atoms with E-state index in [2.05, 4.69) is 36.4 Å². The van der Waals surface area contributed by atoms with Crippen LogP contribution in [0.4, 0.5) is 0 Å². The van der Waals surface area contributed by atoms with Gasteiger partial charge in [-0.3, -0.25) is 0 Å². The second-order valence-electron chi connectivity index (χ2n) is 4.39. The van der Waals surface area contributed by atoms with Gasteiger partial charge < -0.3 is 0 Å². The van der Waals surface area contributed by atoms with Gasteiger partial charge in [-0.2, -0.15) is 0 Å². The molecule has 0 aromatic heterocycles. The van der Waals surface area contributed by atoms with Gasteiger partial charge in [-0.25, -0.2) is 0 Å². The van der Waals surface area contributed by atoms with Crippen molar-refractivity contribution in [2.75, 3.05) is 0 Å². The molecule has 84 valence electrons. The zero-order valence-electron chi connectivity index (χ0n) is 9.77. The second-order valence-corrected chi connectivity index (χ2v) is 5.57. The van der Waals surface area contributed by atoms with E-state index in [1.807, 2.05) is 6.08 Å². The topological polar surface area (TPSA) is 0 Å². The van der Waals surface area contributed by atoms with Crippen molar-refractivity contribution in [3.05, 3.63) is 12.7 Å². The van der Waals surface area contributed by atoms with Gasteiger partial charge in [0.15, 0.2) is 0 Å². The Labute approximate surface area is 98.3 Å². The molecule has 0 aliphatic heterocycles. The molecule has 0 rings (SSSR count). The molecule has 0 aliphatic carbocycles. The highest BCUT2D eigenvalue weighted by Crippen LogP contribution is 2.19. The van der Waals surface area contributed by atoms with Gasteiger partial charge in [0.1, 0.15) is 0 Å². The van der Waals surface area contributed by atoms with E-state index >= 15 is 0 Å². The first-order valence-electron chi connectivity index (χ1n) is 5.93. The Hall–Kier alpha value is 0.220. The van der Waals surface area contributed by atoms with Crippen molar-refractivity contribution in [3.8, 4) is 0 Å². The van der Waals surface area contributed by atoms with E-state index in [0.29, 0.717) is 0 Å². The summed E-state index contributed by atoms with van der Waals surface area (Å²) in [4.78, 5) is 0.718. The first kappa shape index (κ1) is 14.2. The van der Waals surface area contributed by atoms with Crippen LogP contribution < -0.4 is 0 Å². The van der Waals surface area contributed by atoms with E-state index in [0.717, 1.165) is 10.7 Å². The molecule has 1 heteroatoms. The smallest absolute Gasteiger partial charge is 0.0168 e. The van der Waals surface area contributed by atoms with Crippen LogP contribution in [0.2, 0.25) is 0 Å². The molecule has 0 N–H and O–H groups in total. The summed E-state index contributed by atoms with van der Waals surface area (Å²) in [5.74, 6) is 0.774. The molecular weight excluding hydrogens is 236 g/mol. The average molecular weight is 261 g/mol. The molecule has 0 saturated carbocycles. The predicted octanol–water partition coefficient (Wildman–Crippen LogP) is 5.32. The third-order valence-electron chi connectivity index (χ3n) is 2.61. The van der Waals surface area contributed by atoms with Crippen molar-refractivity contribution in [1.29, 1.82) is 0 Å². The third-order valence-corrected chi connectivity index (χ3v) is 4.13. The highest BCUT2D eigenvalue weighted by molar-refractivity contribution is 9.09. The van der Waals surface area contributed by atoms with Gasteiger partial charge >= 0.3 is 0 Å². The summed E-state index contributed by atoms with van der Waals surface area (Å²) in [6.07, 6.45) is 11.4. The Kier molecular flexibility index (Phi) is 9.92. The van der Waals surface area contributed by atoms with Gasteiger partial charge in [0.2, 0.25) is 0 Å². The molecule has 0 aromatic carbocycles. The zero-order valence-corrected chi connectivity index (χ0v) is 11.4. The number of hydrogen-bond acceptors (Lipinski definition) is 0. The Morgan fingerprint density at radius 1 is 1.07 bits per heavy atom.